The third-order valence-corrected chi connectivity index (χ3v) is 4.02. The Bertz CT molecular complexity index is 450. The molecule has 1 fully saturated rings. The minimum absolute atomic E-state index is 0.205. The zero-order valence-corrected chi connectivity index (χ0v) is 13.4. The van der Waals surface area contributed by atoms with Crippen molar-refractivity contribution in [2.45, 2.75) is 32.2 Å². The van der Waals surface area contributed by atoms with Crippen molar-refractivity contribution < 1.29 is 4.39 Å². The van der Waals surface area contributed by atoms with Crippen LogP contribution >= 0.6 is 0 Å². The van der Waals surface area contributed by atoms with E-state index in [2.05, 4.69) is 20.5 Å². The van der Waals surface area contributed by atoms with Gasteiger partial charge in [0.2, 0.25) is 0 Å². The Balaban J connectivity index is 1.67. The summed E-state index contributed by atoms with van der Waals surface area (Å²) in [5, 5.41) is 6.60. The van der Waals surface area contributed by atoms with E-state index < -0.39 is 0 Å². The summed E-state index contributed by atoms with van der Waals surface area (Å²) in [4.78, 5) is 6.74. The van der Waals surface area contributed by atoms with Crippen LogP contribution in [0.1, 0.15) is 31.2 Å². The van der Waals surface area contributed by atoms with Crippen LogP contribution in [-0.4, -0.2) is 44.1 Å². The van der Waals surface area contributed by atoms with Gasteiger partial charge in [-0.1, -0.05) is 25.0 Å². The fourth-order valence-corrected chi connectivity index (χ4v) is 2.70. The fraction of sp³-hybridized carbons (Fsp3) is 0.588. The number of guanidine groups is 1. The van der Waals surface area contributed by atoms with Crippen LogP contribution in [0.3, 0.4) is 0 Å². The molecule has 0 radical (unpaired) electrons. The summed E-state index contributed by atoms with van der Waals surface area (Å²) < 4.78 is 12.9. The van der Waals surface area contributed by atoms with Gasteiger partial charge in [0.15, 0.2) is 5.96 Å². The second-order valence-corrected chi connectivity index (χ2v) is 5.73. The molecule has 22 heavy (non-hydrogen) atoms. The summed E-state index contributed by atoms with van der Waals surface area (Å²) in [6, 6.07) is 6.53. The number of aliphatic imine (C=N–C) groups is 1. The van der Waals surface area contributed by atoms with Gasteiger partial charge in [-0.15, -0.1) is 0 Å². The molecule has 0 aromatic heterocycles. The van der Waals surface area contributed by atoms with E-state index in [9.17, 15) is 4.39 Å². The molecule has 0 aliphatic carbocycles. The van der Waals surface area contributed by atoms with Crippen LogP contribution in [0.25, 0.3) is 0 Å². The Labute approximate surface area is 132 Å². The van der Waals surface area contributed by atoms with Gasteiger partial charge in [-0.3, -0.25) is 4.99 Å². The molecule has 0 atom stereocenters. The quantitative estimate of drug-likeness (QED) is 0.648. The number of hydrogen-bond donors (Lipinski definition) is 2. The molecule has 2 rings (SSSR count). The first-order valence-electron chi connectivity index (χ1n) is 8.19. The Kier molecular flexibility index (Phi) is 7.16. The minimum atomic E-state index is -0.205. The van der Waals surface area contributed by atoms with Crippen molar-refractivity contribution >= 4 is 5.96 Å². The zero-order chi connectivity index (χ0) is 15.6. The molecule has 0 saturated carbocycles. The molecule has 5 heteroatoms. The molecule has 2 N–H and O–H groups in total. The van der Waals surface area contributed by atoms with Crippen molar-refractivity contribution in [1.29, 1.82) is 0 Å². The maximum atomic E-state index is 12.9. The summed E-state index contributed by atoms with van der Waals surface area (Å²) in [7, 11) is 1.77. The van der Waals surface area contributed by atoms with Crippen molar-refractivity contribution in [1.82, 2.24) is 15.5 Å². The van der Waals surface area contributed by atoms with E-state index in [4.69, 9.17) is 0 Å². The van der Waals surface area contributed by atoms with Gasteiger partial charge in [0.05, 0.1) is 0 Å². The van der Waals surface area contributed by atoms with E-state index in [1.165, 1.54) is 50.9 Å². The molecule has 0 bridgehead atoms. The Morgan fingerprint density at radius 2 is 1.77 bits per heavy atom. The van der Waals surface area contributed by atoms with Crippen LogP contribution in [-0.2, 0) is 6.54 Å². The second kappa shape index (κ2) is 9.41. The molecule has 0 unspecified atom stereocenters. The number of nitrogens with zero attached hydrogens (tertiary/aromatic N) is 2. The molecule has 1 aromatic carbocycles. The predicted octanol–water partition coefficient (Wildman–Crippen LogP) is 2.37. The third-order valence-electron chi connectivity index (χ3n) is 4.02. The van der Waals surface area contributed by atoms with Crippen molar-refractivity contribution in [2.24, 2.45) is 4.99 Å². The third kappa shape index (κ3) is 6.02. The first-order chi connectivity index (χ1) is 10.8. The van der Waals surface area contributed by atoms with E-state index in [0.29, 0.717) is 6.54 Å². The maximum Gasteiger partial charge on any atom is 0.191 e. The normalized spacial score (nSPS) is 17.1. The van der Waals surface area contributed by atoms with Gasteiger partial charge in [-0.05, 0) is 43.6 Å². The largest absolute Gasteiger partial charge is 0.355 e. The molecule has 122 valence electrons. The van der Waals surface area contributed by atoms with Crippen molar-refractivity contribution in [2.75, 3.05) is 33.2 Å². The van der Waals surface area contributed by atoms with Crippen LogP contribution in [0.2, 0.25) is 0 Å². The lowest BCUT2D eigenvalue weighted by atomic mass is 10.2. The van der Waals surface area contributed by atoms with Crippen LogP contribution < -0.4 is 10.6 Å². The van der Waals surface area contributed by atoms with E-state index in [1.807, 2.05) is 0 Å². The first kappa shape index (κ1) is 16.7. The highest BCUT2D eigenvalue weighted by molar-refractivity contribution is 5.79. The molecule has 1 saturated heterocycles. The van der Waals surface area contributed by atoms with Gasteiger partial charge in [-0.2, -0.15) is 0 Å². The maximum absolute atomic E-state index is 12.9. The van der Waals surface area contributed by atoms with Crippen LogP contribution in [0, 0.1) is 5.82 Å². The Morgan fingerprint density at radius 3 is 2.41 bits per heavy atom. The van der Waals surface area contributed by atoms with E-state index in [0.717, 1.165) is 24.6 Å². The molecule has 0 amide bonds. The second-order valence-electron chi connectivity index (χ2n) is 5.73. The number of rotatable bonds is 5. The van der Waals surface area contributed by atoms with Crippen LogP contribution in [0.15, 0.2) is 29.3 Å². The lowest BCUT2D eigenvalue weighted by Gasteiger charge is -2.20. The van der Waals surface area contributed by atoms with E-state index >= 15 is 0 Å². The van der Waals surface area contributed by atoms with Gasteiger partial charge in [0.25, 0.3) is 0 Å². The van der Waals surface area contributed by atoms with Gasteiger partial charge in [-0.25, -0.2) is 4.39 Å². The van der Waals surface area contributed by atoms with Gasteiger partial charge >= 0.3 is 0 Å². The lowest BCUT2D eigenvalue weighted by Crippen LogP contribution is -2.41. The topological polar surface area (TPSA) is 39.7 Å². The average Bonchev–Trinajstić information content (AvgIpc) is 2.81. The fourth-order valence-electron chi connectivity index (χ4n) is 2.70. The van der Waals surface area contributed by atoms with Gasteiger partial charge in [0, 0.05) is 26.7 Å². The minimum Gasteiger partial charge on any atom is -0.355 e. The first-order valence-corrected chi connectivity index (χ1v) is 8.19. The summed E-state index contributed by atoms with van der Waals surface area (Å²) in [5.41, 5.74) is 1.04. The predicted molar refractivity (Wildman–Crippen MR) is 89.5 cm³/mol. The highest BCUT2D eigenvalue weighted by Gasteiger charge is 2.08. The molecule has 4 nitrogen and oxygen atoms in total. The number of hydrogen-bond acceptors (Lipinski definition) is 2. The van der Waals surface area contributed by atoms with Crippen molar-refractivity contribution in [3.63, 3.8) is 0 Å². The number of benzene rings is 1. The summed E-state index contributed by atoms with van der Waals surface area (Å²) >= 11 is 0. The van der Waals surface area contributed by atoms with E-state index in [-0.39, 0.29) is 5.82 Å². The van der Waals surface area contributed by atoms with E-state index in [1.54, 1.807) is 19.2 Å². The number of likely N-dealkylation sites (tertiary alicyclic amines) is 1. The smallest absolute Gasteiger partial charge is 0.191 e. The van der Waals surface area contributed by atoms with Gasteiger partial charge in [0.1, 0.15) is 5.82 Å². The summed E-state index contributed by atoms with van der Waals surface area (Å²) in [6.45, 7) is 5.01. The van der Waals surface area contributed by atoms with Crippen molar-refractivity contribution in [3.05, 3.63) is 35.6 Å². The Morgan fingerprint density at radius 1 is 1.09 bits per heavy atom. The molecular formula is C17H27FN4. The number of halogens is 1. The standard InChI is InChI=1S/C17H27FN4/c1-19-17(21-14-15-6-8-16(18)9-7-15)20-10-13-22-11-4-2-3-5-12-22/h6-9H,2-5,10-14H2,1H3,(H2,19,20,21). The molecular weight excluding hydrogens is 279 g/mol. The highest BCUT2D eigenvalue weighted by atomic mass is 19.1. The highest BCUT2D eigenvalue weighted by Crippen LogP contribution is 2.08. The molecule has 1 heterocycles. The molecule has 1 aliphatic rings. The van der Waals surface area contributed by atoms with Crippen LogP contribution in [0.5, 0.6) is 0 Å². The zero-order valence-electron chi connectivity index (χ0n) is 13.4. The van der Waals surface area contributed by atoms with Crippen LogP contribution in [0.4, 0.5) is 4.39 Å². The van der Waals surface area contributed by atoms with Crippen molar-refractivity contribution in [3.8, 4) is 0 Å². The monoisotopic (exact) mass is 306 g/mol. The average molecular weight is 306 g/mol. The Hall–Kier alpha value is -1.62. The molecule has 0 spiro atoms. The summed E-state index contributed by atoms with van der Waals surface area (Å²) in [5.74, 6) is 0.586. The SMILES string of the molecule is CN=C(NCCN1CCCCCC1)NCc1ccc(F)cc1. The molecule has 1 aromatic rings. The lowest BCUT2D eigenvalue weighted by molar-refractivity contribution is 0.289. The molecule has 1 aliphatic heterocycles. The number of nitrogens with one attached hydrogen (secondary N) is 2. The van der Waals surface area contributed by atoms with Gasteiger partial charge < -0.3 is 15.5 Å². The summed E-state index contributed by atoms with van der Waals surface area (Å²) in [6.07, 6.45) is 5.37.